The number of pyridine rings is 1. The molecule has 0 spiro atoms. The monoisotopic (exact) mass is 313 g/mol. The molecule has 114 valence electrons. The molecule has 0 aromatic carbocycles. The Kier molecular flexibility index (Phi) is 4.34. The van der Waals surface area contributed by atoms with Crippen molar-refractivity contribution in [3.05, 3.63) is 57.7 Å². The highest BCUT2D eigenvalue weighted by atomic mass is 32.1. The van der Waals surface area contributed by atoms with Gasteiger partial charge in [-0.15, -0.1) is 11.3 Å². The van der Waals surface area contributed by atoms with Gasteiger partial charge in [0.15, 0.2) is 0 Å². The van der Waals surface area contributed by atoms with Crippen molar-refractivity contribution >= 4 is 21.6 Å². The normalized spacial score (nSPS) is 12.6. The Morgan fingerprint density at radius 3 is 2.91 bits per heavy atom. The van der Waals surface area contributed by atoms with Gasteiger partial charge < -0.3 is 0 Å². The van der Waals surface area contributed by atoms with E-state index in [1.54, 1.807) is 28.4 Å². The van der Waals surface area contributed by atoms with Crippen LogP contribution in [0.1, 0.15) is 36.9 Å². The molecule has 0 aliphatic heterocycles. The molecule has 3 aromatic heterocycles. The fourth-order valence-electron chi connectivity index (χ4n) is 2.59. The van der Waals surface area contributed by atoms with Crippen LogP contribution in [0.3, 0.4) is 0 Å². The average Bonchev–Trinajstić information content (AvgIpc) is 2.92. The van der Waals surface area contributed by atoms with E-state index in [4.69, 9.17) is 0 Å². The molecule has 0 saturated carbocycles. The third-order valence-electron chi connectivity index (χ3n) is 3.73. The fourth-order valence-corrected chi connectivity index (χ4v) is 3.68. The lowest BCUT2D eigenvalue weighted by molar-refractivity contribution is 0.518. The summed E-state index contributed by atoms with van der Waals surface area (Å²) < 4.78 is 1.72. The Hall–Kier alpha value is -2.01. The van der Waals surface area contributed by atoms with Crippen molar-refractivity contribution in [1.82, 2.24) is 14.5 Å². The van der Waals surface area contributed by atoms with Crippen molar-refractivity contribution in [3.8, 4) is 0 Å². The maximum absolute atomic E-state index is 12.7. The Bertz CT molecular complexity index is 823. The minimum Gasteiger partial charge on any atom is -0.295 e. The van der Waals surface area contributed by atoms with Crippen LogP contribution in [-0.2, 0) is 12.8 Å². The zero-order valence-corrected chi connectivity index (χ0v) is 13.6. The Morgan fingerprint density at radius 1 is 1.32 bits per heavy atom. The van der Waals surface area contributed by atoms with E-state index >= 15 is 0 Å². The fraction of sp³-hybridized carbons (Fsp3) is 0.353. The lowest BCUT2D eigenvalue weighted by Crippen LogP contribution is -2.24. The van der Waals surface area contributed by atoms with E-state index in [2.05, 4.69) is 16.9 Å². The van der Waals surface area contributed by atoms with Gasteiger partial charge in [0.05, 0.1) is 11.7 Å². The number of thiophene rings is 1. The lowest BCUT2D eigenvalue weighted by atomic mass is 10.1. The highest BCUT2D eigenvalue weighted by Crippen LogP contribution is 2.22. The molecule has 5 heteroatoms. The van der Waals surface area contributed by atoms with Crippen LogP contribution in [0.4, 0.5) is 0 Å². The van der Waals surface area contributed by atoms with Crippen LogP contribution in [0, 0.1) is 0 Å². The van der Waals surface area contributed by atoms with E-state index in [0.29, 0.717) is 0 Å². The van der Waals surface area contributed by atoms with Gasteiger partial charge in [-0.1, -0.05) is 19.4 Å². The van der Waals surface area contributed by atoms with Gasteiger partial charge in [0, 0.05) is 29.2 Å². The number of nitrogens with zero attached hydrogens (tertiary/aromatic N) is 3. The van der Waals surface area contributed by atoms with E-state index in [-0.39, 0.29) is 11.6 Å². The van der Waals surface area contributed by atoms with Crippen molar-refractivity contribution in [2.24, 2.45) is 0 Å². The van der Waals surface area contributed by atoms with Gasteiger partial charge >= 0.3 is 0 Å². The Labute approximate surface area is 133 Å². The first kappa shape index (κ1) is 14.9. The SMILES string of the molecule is CCCc1cc2c(=O)n(C(C)Cc3ccccn3)cnc2s1. The number of aryl methyl sites for hydroxylation is 1. The van der Waals surface area contributed by atoms with Crippen molar-refractivity contribution in [2.45, 2.75) is 39.2 Å². The molecule has 0 aliphatic carbocycles. The highest BCUT2D eigenvalue weighted by Gasteiger charge is 2.13. The molecule has 0 radical (unpaired) electrons. The first-order valence-electron chi connectivity index (χ1n) is 7.58. The topological polar surface area (TPSA) is 47.8 Å². The van der Waals surface area contributed by atoms with Gasteiger partial charge in [-0.05, 0) is 31.5 Å². The van der Waals surface area contributed by atoms with Crippen molar-refractivity contribution in [1.29, 1.82) is 0 Å². The summed E-state index contributed by atoms with van der Waals surface area (Å²) in [6.45, 7) is 4.17. The molecular weight excluding hydrogens is 294 g/mol. The highest BCUT2D eigenvalue weighted by molar-refractivity contribution is 7.18. The predicted octanol–water partition coefficient (Wildman–Crippen LogP) is 3.61. The summed E-state index contributed by atoms with van der Waals surface area (Å²) in [4.78, 5) is 23.6. The van der Waals surface area contributed by atoms with Crippen LogP contribution in [0.15, 0.2) is 41.6 Å². The smallest absolute Gasteiger partial charge is 0.262 e. The first-order chi connectivity index (χ1) is 10.7. The van der Waals surface area contributed by atoms with E-state index in [0.717, 1.165) is 35.2 Å². The minimum atomic E-state index is 0.0359. The molecule has 3 rings (SSSR count). The summed E-state index contributed by atoms with van der Waals surface area (Å²) in [6.07, 6.45) is 6.26. The van der Waals surface area contributed by atoms with Gasteiger partial charge in [-0.25, -0.2) is 4.98 Å². The zero-order chi connectivity index (χ0) is 15.5. The van der Waals surface area contributed by atoms with Crippen LogP contribution in [-0.4, -0.2) is 14.5 Å². The zero-order valence-electron chi connectivity index (χ0n) is 12.8. The lowest BCUT2D eigenvalue weighted by Gasteiger charge is -2.14. The van der Waals surface area contributed by atoms with Gasteiger partial charge in [-0.3, -0.25) is 14.3 Å². The summed E-state index contributed by atoms with van der Waals surface area (Å²) in [5.41, 5.74) is 1.03. The molecular formula is C17H19N3OS. The molecule has 0 amide bonds. The largest absolute Gasteiger partial charge is 0.295 e. The quantitative estimate of drug-likeness (QED) is 0.723. The first-order valence-corrected chi connectivity index (χ1v) is 8.40. The van der Waals surface area contributed by atoms with E-state index in [9.17, 15) is 4.79 Å². The van der Waals surface area contributed by atoms with Crippen molar-refractivity contribution in [2.75, 3.05) is 0 Å². The summed E-state index contributed by atoms with van der Waals surface area (Å²) in [5, 5.41) is 0.740. The molecule has 1 unspecified atom stereocenters. The minimum absolute atomic E-state index is 0.0359. The Balaban J connectivity index is 1.93. The van der Waals surface area contributed by atoms with Gasteiger partial charge in [-0.2, -0.15) is 0 Å². The van der Waals surface area contributed by atoms with Gasteiger partial charge in [0.2, 0.25) is 0 Å². The number of fused-ring (bicyclic) bond motifs is 1. The van der Waals surface area contributed by atoms with Crippen molar-refractivity contribution in [3.63, 3.8) is 0 Å². The molecule has 0 fully saturated rings. The predicted molar refractivity (Wildman–Crippen MR) is 90.5 cm³/mol. The van der Waals surface area contributed by atoms with E-state index in [1.807, 2.05) is 31.2 Å². The summed E-state index contributed by atoms with van der Waals surface area (Å²) in [5.74, 6) is 0. The molecule has 0 N–H and O–H groups in total. The summed E-state index contributed by atoms with van der Waals surface area (Å²) >= 11 is 1.62. The average molecular weight is 313 g/mol. The van der Waals surface area contributed by atoms with Crippen LogP contribution in [0.2, 0.25) is 0 Å². The number of aromatic nitrogens is 3. The van der Waals surface area contributed by atoms with Crippen molar-refractivity contribution < 1.29 is 0 Å². The second-order valence-corrected chi connectivity index (χ2v) is 6.63. The van der Waals surface area contributed by atoms with Crippen LogP contribution in [0.25, 0.3) is 10.2 Å². The molecule has 0 aliphatic rings. The number of rotatable bonds is 5. The molecule has 3 heterocycles. The third kappa shape index (κ3) is 2.95. The molecule has 0 saturated heterocycles. The van der Waals surface area contributed by atoms with Crippen LogP contribution < -0.4 is 5.56 Å². The molecule has 0 bridgehead atoms. The number of hydrogen-bond acceptors (Lipinski definition) is 4. The third-order valence-corrected chi connectivity index (χ3v) is 4.83. The van der Waals surface area contributed by atoms with Crippen LogP contribution >= 0.6 is 11.3 Å². The second kappa shape index (κ2) is 6.40. The Morgan fingerprint density at radius 2 is 2.18 bits per heavy atom. The van der Waals surface area contributed by atoms with E-state index < -0.39 is 0 Å². The summed E-state index contributed by atoms with van der Waals surface area (Å²) in [7, 11) is 0. The maximum atomic E-state index is 12.7. The van der Waals surface area contributed by atoms with Gasteiger partial charge in [0.25, 0.3) is 5.56 Å². The second-order valence-electron chi connectivity index (χ2n) is 5.51. The molecule has 3 aromatic rings. The van der Waals surface area contributed by atoms with Crippen LogP contribution in [0.5, 0.6) is 0 Å². The molecule has 4 nitrogen and oxygen atoms in total. The van der Waals surface area contributed by atoms with E-state index in [1.165, 1.54) is 4.88 Å². The molecule has 1 atom stereocenters. The summed E-state index contributed by atoms with van der Waals surface area (Å²) in [6, 6.07) is 7.89. The number of hydrogen-bond donors (Lipinski definition) is 0. The van der Waals surface area contributed by atoms with Gasteiger partial charge in [0.1, 0.15) is 4.83 Å². The molecule has 22 heavy (non-hydrogen) atoms. The maximum Gasteiger partial charge on any atom is 0.262 e. The standard InChI is InChI=1S/C17H19N3OS/c1-3-6-14-10-15-16(22-14)19-11-20(17(15)21)12(2)9-13-7-4-5-8-18-13/h4-5,7-8,10-12H,3,6,9H2,1-2H3.